The van der Waals surface area contributed by atoms with Gasteiger partial charge in [-0.1, -0.05) is 11.6 Å². The molecule has 76 valence electrons. The average molecular weight is 214 g/mol. The molecule has 1 aliphatic carbocycles. The van der Waals surface area contributed by atoms with Gasteiger partial charge in [0.25, 0.3) is 0 Å². The van der Waals surface area contributed by atoms with Crippen LogP contribution in [0.1, 0.15) is 24.8 Å². The third kappa shape index (κ3) is 2.25. The number of nitrogens with two attached hydrogens (primary N) is 1. The van der Waals surface area contributed by atoms with Gasteiger partial charge in [-0.3, -0.25) is 0 Å². The highest BCUT2D eigenvalue weighted by atomic mass is 35.5. The molecule has 0 aromatic heterocycles. The van der Waals surface area contributed by atoms with Crippen molar-refractivity contribution in [2.24, 2.45) is 5.73 Å². The molecule has 1 aliphatic rings. The molecule has 0 heterocycles. The maximum atomic E-state index is 13.3. The van der Waals surface area contributed by atoms with Crippen molar-refractivity contribution in [3.63, 3.8) is 0 Å². The van der Waals surface area contributed by atoms with Gasteiger partial charge >= 0.3 is 0 Å². The summed E-state index contributed by atoms with van der Waals surface area (Å²) in [5.41, 5.74) is 6.58. The largest absolute Gasteiger partial charge is 0.325 e. The Kier molecular flexibility index (Phi) is 2.50. The summed E-state index contributed by atoms with van der Waals surface area (Å²) >= 11 is 5.78. The number of halogens is 2. The van der Waals surface area contributed by atoms with Gasteiger partial charge < -0.3 is 5.73 Å². The van der Waals surface area contributed by atoms with Gasteiger partial charge in [-0.05, 0) is 49.4 Å². The lowest BCUT2D eigenvalue weighted by Gasteiger charge is -2.08. The Labute approximate surface area is 88.1 Å². The standard InChI is InChI=1S/C11H13ClFN/c12-9-1-2-10(13)8(7-9)3-4-11(14)5-6-11/h1-2,7H,3-6,14H2. The van der Waals surface area contributed by atoms with E-state index in [9.17, 15) is 4.39 Å². The van der Waals surface area contributed by atoms with Crippen molar-refractivity contribution in [3.05, 3.63) is 34.6 Å². The Balaban J connectivity index is 2.04. The van der Waals surface area contributed by atoms with Crippen molar-refractivity contribution < 1.29 is 4.39 Å². The van der Waals surface area contributed by atoms with E-state index in [4.69, 9.17) is 17.3 Å². The molecule has 0 unspecified atom stereocenters. The summed E-state index contributed by atoms with van der Waals surface area (Å²) in [6.45, 7) is 0. The van der Waals surface area contributed by atoms with Crippen LogP contribution in [0.15, 0.2) is 18.2 Å². The fraction of sp³-hybridized carbons (Fsp3) is 0.455. The summed E-state index contributed by atoms with van der Waals surface area (Å²) in [4.78, 5) is 0. The van der Waals surface area contributed by atoms with E-state index in [1.54, 1.807) is 12.1 Å². The molecular formula is C11H13ClFN. The molecule has 0 spiro atoms. The Morgan fingerprint density at radius 3 is 2.79 bits per heavy atom. The summed E-state index contributed by atoms with van der Waals surface area (Å²) in [7, 11) is 0. The van der Waals surface area contributed by atoms with Gasteiger partial charge in [0.1, 0.15) is 5.82 Å². The van der Waals surface area contributed by atoms with E-state index >= 15 is 0 Å². The van der Waals surface area contributed by atoms with E-state index in [0.29, 0.717) is 17.0 Å². The monoisotopic (exact) mass is 213 g/mol. The lowest BCUT2D eigenvalue weighted by Crippen LogP contribution is -2.22. The van der Waals surface area contributed by atoms with Gasteiger partial charge in [0.2, 0.25) is 0 Å². The molecule has 0 bridgehead atoms. The maximum Gasteiger partial charge on any atom is 0.126 e. The minimum absolute atomic E-state index is 0.0191. The van der Waals surface area contributed by atoms with E-state index in [2.05, 4.69) is 0 Å². The molecule has 14 heavy (non-hydrogen) atoms. The van der Waals surface area contributed by atoms with Crippen molar-refractivity contribution in [3.8, 4) is 0 Å². The summed E-state index contributed by atoms with van der Waals surface area (Å²) in [5, 5.41) is 0.586. The first-order chi connectivity index (χ1) is 6.59. The van der Waals surface area contributed by atoms with Crippen molar-refractivity contribution in [2.75, 3.05) is 0 Å². The van der Waals surface area contributed by atoms with Crippen LogP contribution in [-0.2, 0) is 6.42 Å². The average Bonchev–Trinajstić information content (AvgIpc) is 2.87. The minimum atomic E-state index is -0.182. The highest BCUT2D eigenvalue weighted by Crippen LogP contribution is 2.36. The molecule has 1 aromatic carbocycles. The third-order valence-corrected chi connectivity index (χ3v) is 3.03. The molecule has 0 aliphatic heterocycles. The summed E-state index contributed by atoms with van der Waals surface area (Å²) in [6, 6.07) is 4.66. The second kappa shape index (κ2) is 3.52. The second-order valence-corrected chi connectivity index (χ2v) is 4.53. The van der Waals surface area contributed by atoms with Gasteiger partial charge in [-0.25, -0.2) is 4.39 Å². The number of hydrogen-bond donors (Lipinski definition) is 1. The third-order valence-electron chi connectivity index (χ3n) is 2.79. The zero-order valence-electron chi connectivity index (χ0n) is 7.89. The SMILES string of the molecule is NC1(CCc2cc(Cl)ccc2F)CC1. The van der Waals surface area contributed by atoms with Crippen LogP contribution in [0.25, 0.3) is 0 Å². The maximum absolute atomic E-state index is 13.3. The summed E-state index contributed by atoms with van der Waals surface area (Å²) in [5.74, 6) is -0.182. The Morgan fingerprint density at radius 1 is 1.43 bits per heavy atom. The molecular weight excluding hydrogens is 201 g/mol. The normalized spacial score (nSPS) is 18.2. The van der Waals surface area contributed by atoms with Gasteiger partial charge in [0.05, 0.1) is 0 Å². The number of aryl methyl sites for hydroxylation is 1. The van der Waals surface area contributed by atoms with Crippen LogP contribution in [0, 0.1) is 5.82 Å². The molecule has 2 N–H and O–H groups in total. The molecule has 1 saturated carbocycles. The molecule has 1 fully saturated rings. The molecule has 3 heteroatoms. The van der Waals surface area contributed by atoms with Gasteiger partial charge in [-0.2, -0.15) is 0 Å². The Hall–Kier alpha value is -0.600. The Bertz CT molecular complexity index is 347. The first-order valence-corrected chi connectivity index (χ1v) is 5.20. The van der Waals surface area contributed by atoms with E-state index in [1.807, 2.05) is 0 Å². The fourth-order valence-corrected chi connectivity index (χ4v) is 1.72. The molecule has 0 radical (unpaired) electrons. The first kappa shape index (κ1) is 9.94. The minimum Gasteiger partial charge on any atom is -0.325 e. The quantitative estimate of drug-likeness (QED) is 0.821. The topological polar surface area (TPSA) is 26.0 Å². The van der Waals surface area contributed by atoms with Crippen LogP contribution in [0.4, 0.5) is 4.39 Å². The van der Waals surface area contributed by atoms with E-state index in [-0.39, 0.29) is 11.4 Å². The molecule has 1 nitrogen and oxygen atoms in total. The van der Waals surface area contributed by atoms with Crippen LogP contribution in [0.3, 0.4) is 0 Å². The second-order valence-electron chi connectivity index (χ2n) is 4.10. The van der Waals surface area contributed by atoms with Crippen molar-refractivity contribution in [1.29, 1.82) is 0 Å². The predicted octanol–water partition coefficient (Wildman–Crippen LogP) is 2.90. The summed E-state index contributed by atoms with van der Waals surface area (Å²) in [6.07, 6.45) is 3.66. The molecule has 0 atom stereocenters. The van der Waals surface area contributed by atoms with Gasteiger partial charge in [0.15, 0.2) is 0 Å². The summed E-state index contributed by atoms with van der Waals surface area (Å²) < 4.78 is 13.3. The van der Waals surface area contributed by atoms with Crippen molar-refractivity contribution in [2.45, 2.75) is 31.2 Å². The molecule has 0 saturated heterocycles. The first-order valence-electron chi connectivity index (χ1n) is 4.82. The predicted molar refractivity (Wildman–Crippen MR) is 55.9 cm³/mol. The van der Waals surface area contributed by atoms with E-state index in [0.717, 1.165) is 19.3 Å². The van der Waals surface area contributed by atoms with E-state index in [1.165, 1.54) is 6.07 Å². The zero-order valence-corrected chi connectivity index (χ0v) is 8.65. The van der Waals surface area contributed by atoms with Crippen LogP contribution < -0.4 is 5.73 Å². The number of benzene rings is 1. The van der Waals surface area contributed by atoms with Gasteiger partial charge in [0, 0.05) is 10.6 Å². The fourth-order valence-electron chi connectivity index (χ4n) is 1.53. The Morgan fingerprint density at radius 2 is 2.14 bits per heavy atom. The van der Waals surface area contributed by atoms with Crippen LogP contribution in [-0.4, -0.2) is 5.54 Å². The van der Waals surface area contributed by atoms with Gasteiger partial charge in [-0.15, -0.1) is 0 Å². The van der Waals surface area contributed by atoms with Crippen molar-refractivity contribution in [1.82, 2.24) is 0 Å². The number of hydrogen-bond acceptors (Lipinski definition) is 1. The highest BCUT2D eigenvalue weighted by Gasteiger charge is 2.37. The van der Waals surface area contributed by atoms with Crippen LogP contribution in [0.2, 0.25) is 5.02 Å². The highest BCUT2D eigenvalue weighted by molar-refractivity contribution is 6.30. The lowest BCUT2D eigenvalue weighted by molar-refractivity contribution is 0.571. The lowest BCUT2D eigenvalue weighted by atomic mass is 10.0. The smallest absolute Gasteiger partial charge is 0.126 e. The molecule has 2 rings (SSSR count). The zero-order chi connectivity index (χ0) is 10.2. The van der Waals surface area contributed by atoms with Crippen LogP contribution >= 0.6 is 11.6 Å². The van der Waals surface area contributed by atoms with E-state index < -0.39 is 0 Å². The molecule has 0 amide bonds. The number of rotatable bonds is 3. The van der Waals surface area contributed by atoms with Crippen molar-refractivity contribution >= 4 is 11.6 Å². The van der Waals surface area contributed by atoms with Crippen LogP contribution in [0.5, 0.6) is 0 Å². The molecule has 1 aromatic rings.